The summed E-state index contributed by atoms with van der Waals surface area (Å²) < 4.78 is 9.18. The maximum Gasteiger partial charge on any atom is 0.130 e. The molecule has 1 aliphatic rings. The van der Waals surface area contributed by atoms with Gasteiger partial charge in [0, 0.05) is 11.4 Å². The summed E-state index contributed by atoms with van der Waals surface area (Å²) >= 11 is 4.39. The highest BCUT2D eigenvalue weighted by atomic mass is 32.1. The van der Waals surface area contributed by atoms with Gasteiger partial charge in [0.15, 0.2) is 0 Å². The predicted molar refractivity (Wildman–Crippen MR) is 114 cm³/mol. The molecule has 0 unspecified atom stereocenters. The van der Waals surface area contributed by atoms with Gasteiger partial charge in [0.2, 0.25) is 0 Å². The second kappa shape index (κ2) is 8.77. The fraction of sp³-hybridized carbons (Fsp3) is 0.348. The van der Waals surface area contributed by atoms with E-state index < -0.39 is 0 Å². The number of pyridine rings is 1. The van der Waals surface area contributed by atoms with Gasteiger partial charge in [-0.2, -0.15) is 0 Å². The van der Waals surface area contributed by atoms with Gasteiger partial charge >= 0.3 is 0 Å². The van der Waals surface area contributed by atoms with Crippen molar-refractivity contribution >= 4 is 23.7 Å². The second-order valence-electron chi connectivity index (χ2n) is 7.36. The number of benzene rings is 2. The minimum absolute atomic E-state index is 0.310. The van der Waals surface area contributed by atoms with Crippen LogP contribution >= 0.6 is 12.8 Å². The molecule has 0 amide bonds. The first kappa shape index (κ1) is 18.3. The van der Waals surface area contributed by atoms with E-state index in [0.717, 1.165) is 22.3 Å². The Labute approximate surface area is 166 Å². The van der Waals surface area contributed by atoms with Crippen LogP contribution in [-0.2, 0) is 6.61 Å². The average molecular weight is 379 g/mol. The number of nitrogens with zero attached hydrogens (tertiary/aromatic N) is 1. The molecule has 0 radical (unpaired) electrons. The second-order valence-corrected chi connectivity index (χ2v) is 7.62. The zero-order valence-corrected chi connectivity index (χ0v) is 16.4. The molecule has 0 spiro atoms. The van der Waals surface area contributed by atoms with E-state index in [2.05, 4.69) is 58.9 Å². The van der Waals surface area contributed by atoms with Crippen LogP contribution in [0, 0.1) is 5.92 Å². The number of thiol groups is 1. The molecule has 2 aromatic carbocycles. The van der Waals surface area contributed by atoms with Gasteiger partial charge in [0.1, 0.15) is 12.4 Å². The topological polar surface area (TPSA) is 34.1 Å². The first-order valence-corrected chi connectivity index (χ1v) is 10.3. The molecule has 3 nitrogen and oxygen atoms in total. The molecule has 0 bridgehead atoms. The highest BCUT2D eigenvalue weighted by Gasteiger charge is 2.24. The third-order valence-corrected chi connectivity index (χ3v) is 5.82. The Bertz CT molecular complexity index is 875. The Morgan fingerprint density at radius 2 is 1.74 bits per heavy atom. The standard InChI is InChI=1S/C23H26N2OS/c27-25-23(18-7-2-1-3-8-18)19-11-14-21(15-12-19)26-16-20-13-10-17-6-4-5-9-22(17)24-20/h4-6,9-15,18,23,25,27H,1-3,7-8,16H2/t23-/m1/s1. The number of para-hydroxylation sites is 1. The summed E-state index contributed by atoms with van der Waals surface area (Å²) in [5.41, 5.74) is 3.23. The molecule has 3 aromatic rings. The Morgan fingerprint density at radius 1 is 0.963 bits per heavy atom. The molecule has 1 N–H and O–H groups in total. The van der Waals surface area contributed by atoms with E-state index in [1.165, 1.54) is 37.7 Å². The molecule has 4 heteroatoms. The number of aromatic nitrogens is 1. The van der Waals surface area contributed by atoms with Gasteiger partial charge in [-0.05, 0) is 48.6 Å². The summed E-state index contributed by atoms with van der Waals surface area (Å²) in [5, 5.41) is 1.15. The molecule has 1 fully saturated rings. The van der Waals surface area contributed by atoms with Gasteiger partial charge in [-0.25, -0.2) is 4.98 Å². The molecular weight excluding hydrogens is 352 g/mol. The van der Waals surface area contributed by atoms with Crippen LogP contribution < -0.4 is 9.46 Å². The van der Waals surface area contributed by atoms with Crippen LogP contribution in [0.3, 0.4) is 0 Å². The van der Waals surface area contributed by atoms with E-state index in [4.69, 9.17) is 4.74 Å². The quantitative estimate of drug-likeness (QED) is 0.526. The Kier molecular flexibility index (Phi) is 5.95. The lowest BCUT2D eigenvalue weighted by atomic mass is 9.81. The van der Waals surface area contributed by atoms with Gasteiger partial charge in [-0.3, -0.25) is 4.72 Å². The first-order chi connectivity index (χ1) is 13.3. The molecule has 1 saturated carbocycles. The van der Waals surface area contributed by atoms with Crippen molar-refractivity contribution < 1.29 is 4.74 Å². The third-order valence-electron chi connectivity index (χ3n) is 5.54. The van der Waals surface area contributed by atoms with E-state index in [9.17, 15) is 0 Å². The average Bonchev–Trinajstić information content (AvgIpc) is 2.74. The van der Waals surface area contributed by atoms with E-state index in [-0.39, 0.29) is 0 Å². The van der Waals surface area contributed by atoms with Gasteiger partial charge in [0.25, 0.3) is 0 Å². The van der Waals surface area contributed by atoms with Gasteiger partial charge < -0.3 is 4.74 Å². The first-order valence-electron chi connectivity index (χ1n) is 9.80. The van der Waals surface area contributed by atoms with Crippen LogP contribution in [0.15, 0.2) is 60.7 Å². The van der Waals surface area contributed by atoms with Crippen LogP contribution in [-0.4, -0.2) is 4.98 Å². The summed E-state index contributed by atoms with van der Waals surface area (Å²) in [6.45, 7) is 0.473. The van der Waals surface area contributed by atoms with Crippen molar-refractivity contribution in [3.8, 4) is 5.75 Å². The number of rotatable bonds is 6. The van der Waals surface area contributed by atoms with Crippen LogP contribution in [0.2, 0.25) is 0 Å². The summed E-state index contributed by atoms with van der Waals surface area (Å²) in [5.74, 6) is 1.54. The Hall–Kier alpha value is -2.04. The predicted octanol–water partition coefficient (Wildman–Crippen LogP) is 5.87. The number of ether oxygens (including phenoxy) is 1. The fourth-order valence-electron chi connectivity index (χ4n) is 4.04. The third kappa shape index (κ3) is 4.45. The van der Waals surface area contributed by atoms with Gasteiger partial charge in [0.05, 0.1) is 11.2 Å². The lowest BCUT2D eigenvalue weighted by molar-refractivity contribution is 0.295. The van der Waals surface area contributed by atoms with E-state index >= 15 is 0 Å². The maximum absolute atomic E-state index is 5.95. The van der Waals surface area contributed by atoms with Crippen molar-refractivity contribution in [1.82, 2.24) is 9.71 Å². The van der Waals surface area contributed by atoms with E-state index in [0.29, 0.717) is 18.6 Å². The summed E-state index contributed by atoms with van der Waals surface area (Å²) in [4.78, 5) is 4.67. The highest BCUT2D eigenvalue weighted by molar-refractivity contribution is 7.78. The minimum Gasteiger partial charge on any atom is -0.487 e. The van der Waals surface area contributed by atoms with Crippen molar-refractivity contribution in [2.24, 2.45) is 5.92 Å². The van der Waals surface area contributed by atoms with Crippen molar-refractivity contribution in [3.05, 3.63) is 71.9 Å². The molecular formula is C23H26N2OS. The fourth-order valence-corrected chi connectivity index (χ4v) is 4.40. The Balaban J connectivity index is 1.40. The summed E-state index contributed by atoms with van der Waals surface area (Å²) in [7, 11) is 0. The smallest absolute Gasteiger partial charge is 0.130 e. The number of fused-ring (bicyclic) bond motifs is 1. The molecule has 140 valence electrons. The van der Waals surface area contributed by atoms with Gasteiger partial charge in [-0.15, -0.1) is 0 Å². The zero-order chi connectivity index (χ0) is 18.5. The number of hydrogen-bond acceptors (Lipinski definition) is 4. The number of nitrogens with one attached hydrogen (secondary N) is 1. The van der Waals surface area contributed by atoms with Crippen LogP contribution in [0.5, 0.6) is 5.75 Å². The van der Waals surface area contributed by atoms with E-state index in [1.807, 2.05) is 24.3 Å². The Morgan fingerprint density at radius 3 is 2.52 bits per heavy atom. The molecule has 1 aliphatic carbocycles. The normalized spacial score (nSPS) is 16.3. The zero-order valence-electron chi connectivity index (χ0n) is 15.5. The highest BCUT2D eigenvalue weighted by Crippen LogP contribution is 2.35. The molecule has 0 saturated heterocycles. The largest absolute Gasteiger partial charge is 0.487 e. The summed E-state index contributed by atoms with van der Waals surface area (Å²) in [6, 6.07) is 21.0. The van der Waals surface area contributed by atoms with Crippen molar-refractivity contribution in [2.45, 2.75) is 44.8 Å². The SMILES string of the molecule is SN[C@@H](c1ccc(OCc2ccc3ccccc3n2)cc1)C1CCCCC1. The lowest BCUT2D eigenvalue weighted by Crippen LogP contribution is -2.24. The van der Waals surface area contributed by atoms with Crippen molar-refractivity contribution in [3.63, 3.8) is 0 Å². The molecule has 27 heavy (non-hydrogen) atoms. The molecule has 1 atom stereocenters. The van der Waals surface area contributed by atoms with Crippen molar-refractivity contribution in [1.29, 1.82) is 0 Å². The van der Waals surface area contributed by atoms with Gasteiger partial charge in [-0.1, -0.05) is 68.5 Å². The number of hydrogen-bond donors (Lipinski definition) is 2. The lowest BCUT2D eigenvalue weighted by Gasteiger charge is -2.30. The summed E-state index contributed by atoms with van der Waals surface area (Å²) in [6.07, 6.45) is 6.59. The van der Waals surface area contributed by atoms with Crippen molar-refractivity contribution in [2.75, 3.05) is 0 Å². The monoisotopic (exact) mass is 378 g/mol. The molecule has 1 aromatic heterocycles. The van der Waals surface area contributed by atoms with Crippen LogP contribution in [0.25, 0.3) is 10.9 Å². The molecule has 0 aliphatic heterocycles. The molecule has 4 rings (SSSR count). The van der Waals surface area contributed by atoms with Crippen LogP contribution in [0.4, 0.5) is 0 Å². The maximum atomic E-state index is 5.95. The molecule has 1 heterocycles. The van der Waals surface area contributed by atoms with E-state index in [1.54, 1.807) is 0 Å². The van der Waals surface area contributed by atoms with Crippen LogP contribution in [0.1, 0.15) is 49.4 Å². The minimum atomic E-state index is 0.310.